The van der Waals surface area contributed by atoms with E-state index in [1.165, 1.54) is 13.0 Å². The van der Waals surface area contributed by atoms with Crippen molar-refractivity contribution in [2.45, 2.75) is 31.5 Å². The molecule has 0 spiro atoms. The second kappa shape index (κ2) is 2.75. The molecule has 0 unspecified atom stereocenters. The minimum absolute atomic E-state index is 0.319. The lowest BCUT2D eigenvalue weighted by atomic mass is 9.84. The number of hydrogen-bond donors (Lipinski definition) is 2. The molecule has 2 N–H and O–H groups in total. The highest BCUT2D eigenvalue weighted by Crippen LogP contribution is 2.24. The lowest BCUT2D eigenvalue weighted by Crippen LogP contribution is -2.48. The van der Waals surface area contributed by atoms with Crippen molar-refractivity contribution in [3.8, 4) is 0 Å². The van der Waals surface area contributed by atoms with Gasteiger partial charge in [0, 0.05) is 0 Å². The maximum absolute atomic E-state index is 10.9. The SMILES string of the molecule is CC(=O)[C@]1(O)CCC=C[C@@H]1O. The summed E-state index contributed by atoms with van der Waals surface area (Å²) in [7, 11) is 0. The number of allylic oxidation sites excluding steroid dienone is 1. The third kappa shape index (κ3) is 1.34. The lowest BCUT2D eigenvalue weighted by Gasteiger charge is -2.30. The Kier molecular flexibility index (Phi) is 2.11. The molecule has 0 heterocycles. The molecule has 0 aliphatic heterocycles. The van der Waals surface area contributed by atoms with Crippen molar-refractivity contribution < 1.29 is 15.0 Å². The van der Waals surface area contributed by atoms with Crippen LogP contribution in [0.3, 0.4) is 0 Å². The van der Waals surface area contributed by atoms with E-state index in [4.69, 9.17) is 0 Å². The maximum Gasteiger partial charge on any atom is 0.164 e. The molecule has 0 aromatic carbocycles. The minimum atomic E-state index is -1.53. The van der Waals surface area contributed by atoms with Crippen LogP contribution in [0.25, 0.3) is 0 Å². The summed E-state index contributed by atoms with van der Waals surface area (Å²) in [6, 6.07) is 0. The van der Waals surface area contributed by atoms with E-state index in [-0.39, 0.29) is 5.78 Å². The molecule has 0 aromatic rings. The van der Waals surface area contributed by atoms with Crippen LogP contribution in [-0.2, 0) is 4.79 Å². The minimum Gasteiger partial charge on any atom is -0.386 e. The Balaban J connectivity index is 2.85. The smallest absolute Gasteiger partial charge is 0.164 e. The number of aliphatic hydroxyl groups is 2. The molecule has 11 heavy (non-hydrogen) atoms. The molecule has 2 atom stereocenters. The van der Waals surface area contributed by atoms with E-state index in [9.17, 15) is 15.0 Å². The fourth-order valence-corrected chi connectivity index (χ4v) is 1.22. The van der Waals surface area contributed by atoms with Gasteiger partial charge in [-0.1, -0.05) is 12.2 Å². The first-order valence-corrected chi connectivity index (χ1v) is 3.65. The molecule has 62 valence electrons. The molecule has 0 saturated carbocycles. The van der Waals surface area contributed by atoms with Crippen molar-refractivity contribution >= 4 is 5.78 Å². The molecule has 3 nitrogen and oxygen atoms in total. The van der Waals surface area contributed by atoms with Crippen molar-refractivity contribution in [3.63, 3.8) is 0 Å². The van der Waals surface area contributed by atoms with E-state index >= 15 is 0 Å². The van der Waals surface area contributed by atoms with Crippen LogP contribution in [0.15, 0.2) is 12.2 Å². The molecule has 0 amide bonds. The molecule has 0 fully saturated rings. The Labute approximate surface area is 65.3 Å². The second-order valence-electron chi connectivity index (χ2n) is 2.89. The number of Topliss-reactive ketones (excluding diaryl/α,β-unsaturated/α-hetero) is 1. The molecular formula is C8H12O3. The van der Waals surface area contributed by atoms with Crippen LogP contribution in [0.5, 0.6) is 0 Å². The number of carbonyl (C=O) groups is 1. The summed E-state index contributed by atoms with van der Waals surface area (Å²) in [5, 5.41) is 18.8. The first-order valence-electron chi connectivity index (χ1n) is 3.65. The van der Waals surface area contributed by atoms with Crippen LogP contribution in [0.2, 0.25) is 0 Å². The van der Waals surface area contributed by atoms with Crippen LogP contribution in [0.4, 0.5) is 0 Å². The third-order valence-corrected chi connectivity index (χ3v) is 2.11. The van der Waals surface area contributed by atoms with Crippen LogP contribution in [0, 0.1) is 0 Å². The summed E-state index contributed by atoms with van der Waals surface area (Å²) in [4.78, 5) is 10.9. The van der Waals surface area contributed by atoms with Gasteiger partial charge in [-0.25, -0.2) is 0 Å². The molecule has 0 saturated heterocycles. The molecule has 1 aliphatic carbocycles. The Bertz CT molecular complexity index is 198. The van der Waals surface area contributed by atoms with Crippen LogP contribution in [0.1, 0.15) is 19.8 Å². The van der Waals surface area contributed by atoms with Gasteiger partial charge in [-0.15, -0.1) is 0 Å². The van der Waals surface area contributed by atoms with Gasteiger partial charge < -0.3 is 10.2 Å². The van der Waals surface area contributed by atoms with Crippen molar-refractivity contribution in [2.24, 2.45) is 0 Å². The van der Waals surface area contributed by atoms with Crippen LogP contribution < -0.4 is 0 Å². The standard InChI is InChI=1S/C8H12O3/c1-6(9)8(11)5-3-2-4-7(8)10/h2,4,7,10-11H,3,5H2,1H3/t7-,8+/m0/s1. The Morgan fingerprint density at radius 2 is 2.36 bits per heavy atom. The van der Waals surface area contributed by atoms with Crippen LogP contribution in [-0.4, -0.2) is 27.7 Å². The van der Waals surface area contributed by atoms with E-state index in [1.807, 2.05) is 0 Å². The van der Waals surface area contributed by atoms with Gasteiger partial charge in [0.15, 0.2) is 11.4 Å². The summed E-state index contributed by atoms with van der Waals surface area (Å²) in [6.07, 6.45) is 3.16. The molecular weight excluding hydrogens is 144 g/mol. The highest BCUT2D eigenvalue weighted by molar-refractivity contribution is 5.85. The number of aliphatic hydroxyl groups excluding tert-OH is 1. The van der Waals surface area contributed by atoms with Gasteiger partial charge in [0.05, 0.1) is 0 Å². The topological polar surface area (TPSA) is 57.5 Å². The van der Waals surface area contributed by atoms with E-state index < -0.39 is 11.7 Å². The Morgan fingerprint density at radius 3 is 2.73 bits per heavy atom. The predicted octanol–water partition coefficient (Wildman–Crippen LogP) is 0.0174. The number of rotatable bonds is 1. The zero-order valence-electron chi connectivity index (χ0n) is 6.45. The van der Waals surface area contributed by atoms with Crippen molar-refractivity contribution in [1.82, 2.24) is 0 Å². The molecule has 0 radical (unpaired) electrons. The zero-order valence-corrected chi connectivity index (χ0v) is 6.45. The Morgan fingerprint density at radius 1 is 1.73 bits per heavy atom. The summed E-state index contributed by atoms with van der Waals surface area (Å²) >= 11 is 0. The molecule has 1 rings (SSSR count). The van der Waals surface area contributed by atoms with Gasteiger partial charge in [-0.3, -0.25) is 4.79 Å². The monoisotopic (exact) mass is 156 g/mol. The van der Waals surface area contributed by atoms with E-state index in [0.717, 1.165) is 0 Å². The van der Waals surface area contributed by atoms with E-state index in [1.54, 1.807) is 6.08 Å². The molecule has 3 heteroatoms. The summed E-state index contributed by atoms with van der Waals surface area (Å²) in [5.41, 5.74) is -1.53. The van der Waals surface area contributed by atoms with Crippen molar-refractivity contribution in [1.29, 1.82) is 0 Å². The summed E-state index contributed by atoms with van der Waals surface area (Å²) < 4.78 is 0. The number of carbonyl (C=O) groups excluding carboxylic acids is 1. The first-order chi connectivity index (χ1) is 5.07. The van der Waals surface area contributed by atoms with E-state index in [2.05, 4.69) is 0 Å². The average Bonchev–Trinajstić information content (AvgIpc) is 1.95. The highest BCUT2D eigenvalue weighted by atomic mass is 16.3. The lowest BCUT2D eigenvalue weighted by molar-refractivity contribution is -0.146. The van der Waals surface area contributed by atoms with E-state index in [0.29, 0.717) is 12.8 Å². The van der Waals surface area contributed by atoms with Gasteiger partial charge >= 0.3 is 0 Å². The first kappa shape index (κ1) is 8.43. The van der Waals surface area contributed by atoms with Gasteiger partial charge in [-0.2, -0.15) is 0 Å². The fourth-order valence-electron chi connectivity index (χ4n) is 1.22. The molecule has 0 aromatic heterocycles. The fraction of sp³-hybridized carbons (Fsp3) is 0.625. The molecule has 0 bridgehead atoms. The molecule has 1 aliphatic rings. The van der Waals surface area contributed by atoms with Crippen molar-refractivity contribution in [2.75, 3.05) is 0 Å². The van der Waals surface area contributed by atoms with Gasteiger partial charge in [-0.05, 0) is 19.8 Å². The van der Waals surface area contributed by atoms with Gasteiger partial charge in [0.2, 0.25) is 0 Å². The second-order valence-corrected chi connectivity index (χ2v) is 2.89. The van der Waals surface area contributed by atoms with Crippen molar-refractivity contribution in [3.05, 3.63) is 12.2 Å². The van der Waals surface area contributed by atoms with Gasteiger partial charge in [0.25, 0.3) is 0 Å². The largest absolute Gasteiger partial charge is 0.386 e. The number of hydrogen-bond acceptors (Lipinski definition) is 3. The van der Waals surface area contributed by atoms with Crippen LogP contribution >= 0.6 is 0 Å². The van der Waals surface area contributed by atoms with Gasteiger partial charge in [0.1, 0.15) is 6.10 Å². The Hall–Kier alpha value is -0.670. The zero-order chi connectivity index (χ0) is 8.48. The quantitative estimate of drug-likeness (QED) is 0.526. The number of ketones is 1. The predicted molar refractivity (Wildman–Crippen MR) is 40.0 cm³/mol. The third-order valence-electron chi connectivity index (χ3n) is 2.11. The summed E-state index contributed by atoms with van der Waals surface area (Å²) in [5.74, 6) is -0.366. The normalized spacial score (nSPS) is 37.2. The highest BCUT2D eigenvalue weighted by Gasteiger charge is 2.39. The average molecular weight is 156 g/mol. The summed E-state index contributed by atoms with van der Waals surface area (Å²) in [6.45, 7) is 1.29. The maximum atomic E-state index is 10.9.